The van der Waals surface area contributed by atoms with E-state index in [1.54, 1.807) is 0 Å². The number of para-hydroxylation sites is 1. The normalized spacial score (nSPS) is 17.7. The van der Waals surface area contributed by atoms with Gasteiger partial charge in [-0.2, -0.15) is 4.31 Å². The van der Waals surface area contributed by atoms with E-state index < -0.39 is 14.9 Å². The Kier molecular flexibility index (Phi) is 7.12. The molecule has 0 bridgehead atoms. The van der Waals surface area contributed by atoms with Crippen LogP contribution in [0.4, 0.5) is 16.5 Å². The van der Waals surface area contributed by atoms with Crippen molar-refractivity contribution in [1.29, 1.82) is 0 Å². The molecule has 13 heteroatoms. The van der Waals surface area contributed by atoms with Crippen molar-refractivity contribution >= 4 is 54.0 Å². The van der Waals surface area contributed by atoms with E-state index in [4.69, 9.17) is 4.74 Å². The minimum Gasteiger partial charge on any atom is -0.379 e. The molecular weight excluding hydrogens is 518 g/mol. The van der Waals surface area contributed by atoms with Gasteiger partial charge in [0.05, 0.1) is 33.2 Å². The lowest BCUT2D eigenvalue weighted by Crippen LogP contribution is -2.40. The Morgan fingerprint density at radius 2 is 1.89 bits per heavy atom. The second-order valence-corrected chi connectivity index (χ2v) is 12.1. The van der Waals surface area contributed by atoms with E-state index in [2.05, 4.69) is 10.3 Å². The number of anilines is 2. The number of hydrogen-bond acceptors (Lipinski definition) is 9. The van der Waals surface area contributed by atoms with Crippen LogP contribution in [-0.4, -0.2) is 67.9 Å². The zero-order valence-corrected chi connectivity index (χ0v) is 21.9. The third-order valence-electron chi connectivity index (χ3n) is 6.81. The first-order valence-corrected chi connectivity index (χ1v) is 14.3. The summed E-state index contributed by atoms with van der Waals surface area (Å²) in [5.74, 6) is -0.359. The number of nitrogens with zero attached hydrogens (tertiary/aromatic N) is 4. The van der Waals surface area contributed by atoms with E-state index in [9.17, 15) is 23.3 Å². The number of fused-ring (bicyclic) bond motifs is 1. The van der Waals surface area contributed by atoms with Crippen LogP contribution in [0.15, 0.2) is 41.3 Å². The summed E-state index contributed by atoms with van der Waals surface area (Å²) in [6, 6.07) is 9.96. The number of benzene rings is 2. The maximum Gasteiger partial charge on any atom is 0.293 e. The van der Waals surface area contributed by atoms with Gasteiger partial charge >= 0.3 is 0 Å². The Morgan fingerprint density at radius 3 is 2.57 bits per heavy atom. The molecule has 2 aliphatic heterocycles. The van der Waals surface area contributed by atoms with Gasteiger partial charge in [-0.1, -0.05) is 23.5 Å². The SMILES string of the molecule is Cc1cccc2sc(NC(=O)C3CCN(c4ccc(S(=O)(=O)N5CCOCC5)cc4[N+](=O)[O-])CC3)nc12. The summed E-state index contributed by atoms with van der Waals surface area (Å²) in [6.07, 6.45) is 1.03. The van der Waals surface area contributed by atoms with Crippen LogP contribution in [0, 0.1) is 23.0 Å². The number of aromatic nitrogens is 1. The van der Waals surface area contributed by atoms with Crippen LogP contribution in [-0.2, 0) is 19.6 Å². The molecule has 0 radical (unpaired) electrons. The highest BCUT2D eigenvalue weighted by molar-refractivity contribution is 7.89. The van der Waals surface area contributed by atoms with Crippen molar-refractivity contribution < 1.29 is 22.9 Å². The van der Waals surface area contributed by atoms with Gasteiger partial charge in [-0.3, -0.25) is 14.9 Å². The zero-order chi connectivity index (χ0) is 26.2. The Labute approximate surface area is 218 Å². The Balaban J connectivity index is 1.27. The quantitative estimate of drug-likeness (QED) is 0.368. The molecule has 0 atom stereocenters. The molecule has 196 valence electrons. The van der Waals surface area contributed by atoms with E-state index in [0.29, 0.717) is 50.0 Å². The first kappa shape index (κ1) is 25.5. The highest BCUT2D eigenvalue weighted by atomic mass is 32.2. The number of nitro benzene ring substituents is 1. The molecular formula is C24H27N5O6S2. The van der Waals surface area contributed by atoms with E-state index in [1.807, 2.05) is 30.0 Å². The molecule has 37 heavy (non-hydrogen) atoms. The average molecular weight is 546 g/mol. The second-order valence-electron chi connectivity index (χ2n) is 9.12. The third kappa shape index (κ3) is 5.17. The standard InChI is InChI=1S/C24H27N5O6S2/c1-16-3-2-4-21-22(16)25-24(36-21)26-23(30)17-7-9-27(10-8-17)19-6-5-18(15-20(19)29(31)32)37(33,34)28-11-13-35-14-12-28/h2-6,15,17H,7-14H2,1H3,(H,25,26,30). The van der Waals surface area contributed by atoms with Crippen LogP contribution < -0.4 is 10.2 Å². The topological polar surface area (TPSA) is 135 Å². The van der Waals surface area contributed by atoms with E-state index in [1.165, 1.54) is 27.8 Å². The first-order chi connectivity index (χ1) is 17.7. The number of thiazole rings is 1. The van der Waals surface area contributed by atoms with Gasteiger partial charge in [0.1, 0.15) is 5.69 Å². The maximum atomic E-state index is 13.0. The number of carbonyl (C=O) groups excluding carboxylic acids is 1. The minimum absolute atomic E-state index is 0.106. The number of sulfonamides is 1. The molecule has 11 nitrogen and oxygen atoms in total. The zero-order valence-electron chi connectivity index (χ0n) is 20.3. The number of piperidine rings is 1. The van der Waals surface area contributed by atoms with Gasteiger partial charge < -0.3 is 15.0 Å². The summed E-state index contributed by atoms with van der Waals surface area (Å²) < 4.78 is 33.5. The molecule has 0 unspecified atom stereocenters. The number of hydrogen-bond donors (Lipinski definition) is 1. The molecule has 1 amide bonds. The van der Waals surface area contributed by atoms with Gasteiger partial charge in [0, 0.05) is 38.2 Å². The van der Waals surface area contributed by atoms with Crippen molar-refractivity contribution in [2.45, 2.75) is 24.7 Å². The molecule has 2 aliphatic rings. The number of nitro groups is 1. The van der Waals surface area contributed by atoms with Crippen LogP contribution in [0.2, 0.25) is 0 Å². The van der Waals surface area contributed by atoms with Gasteiger partial charge in [-0.25, -0.2) is 13.4 Å². The highest BCUT2D eigenvalue weighted by Crippen LogP contribution is 2.35. The number of carbonyl (C=O) groups is 1. The maximum absolute atomic E-state index is 13.0. The van der Waals surface area contributed by atoms with Gasteiger partial charge in [0.25, 0.3) is 5.69 Å². The van der Waals surface area contributed by atoms with Gasteiger partial charge in [0.15, 0.2) is 5.13 Å². The summed E-state index contributed by atoms with van der Waals surface area (Å²) in [7, 11) is -3.86. The van der Waals surface area contributed by atoms with Crippen molar-refractivity contribution in [2.75, 3.05) is 49.6 Å². The fraction of sp³-hybridized carbons (Fsp3) is 0.417. The number of aryl methyl sites for hydroxylation is 1. The lowest BCUT2D eigenvalue weighted by molar-refractivity contribution is -0.384. The van der Waals surface area contributed by atoms with E-state index in [-0.39, 0.29) is 35.5 Å². The number of nitrogens with one attached hydrogen (secondary N) is 1. The number of amides is 1. The third-order valence-corrected chi connectivity index (χ3v) is 9.64. The highest BCUT2D eigenvalue weighted by Gasteiger charge is 2.32. The van der Waals surface area contributed by atoms with Crippen LogP contribution in [0.3, 0.4) is 0 Å². The van der Waals surface area contributed by atoms with E-state index >= 15 is 0 Å². The second kappa shape index (κ2) is 10.3. The molecule has 2 aromatic carbocycles. The fourth-order valence-corrected chi connectivity index (χ4v) is 7.12. The molecule has 0 spiro atoms. The molecule has 5 rings (SSSR count). The van der Waals surface area contributed by atoms with Crippen LogP contribution in [0.5, 0.6) is 0 Å². The average Bonchev–Trinajstić information content (AvgIpc) is 3.32. The van der Waals surface area contributed by atoms with E-state index in [0.717, 1.165) is 21.8 Å². The molecule has 2 fully saturated rings. The van der Waals surface area contributed by atoms with Gasteiger partial charge in [-0.05, 0) is 43.5 Å². The van der Waals surface area contributed by atoms with Crippen molar-refractivity contribution in [1.82, 2.24) is 9.29 Å². The Morgan fingerprint density at radius 1 is 1.16 bits per heavy atom. The monoisotopic (exact) mass is 545 g/mol. The fourth-order valence-electron chi connectivity index (χ4n) is 4.74. The molecule has 3 heterocycles. The molecule has 3 aromatic rings. The van der Waals surface area contributed by atoms with Crippen molar-refractivity contribution in [2.24, 2.45) is 5.92 Å². The minimum atomic E-state index is -3.86. The predicted molar refractivity (Wildman–Crippen MR) is 141 cm³/mol. The lowest BCUT2D eigenvalue weighted by atomic mass is 9.95. The van der Waals surface area contributed by atoms with Crippen molar-refractivity contribution in [3.05, 3.63) is 52.1 Å². The molecule has 1 N–H and O–H groups in total. The first-order valence-electron chi connectivity index (χ1n) is 12.0. The number of rotatable bonds is 6. The summed E-state index contributed by atoms with van der Waals surface area (Å²) in [4.78, 5) is 30.5. The number of ether oxygens (including phenoxy) is 1. The smallest absolute Gasteiger partial charge is 0.293 e. The predicted octanol–water partition coefficient (Wildman–Crippen LogP) is 3.39. The van der Waals surface area contributed by atoms with Crippen LogP contribution >= 0.6 is 11.3 Å². The number of morpholine rings is 1. The lowest BCUT2D eigenvalue weighted by Gasteiger charge is -2.32. The van der Waals surface area contributed by atoms with Gasteiger partial charge in [0.2, 0.25) is 15.9 Å². The van der Waals surface area contributed by atoms with Crippen LogP contribution in [0.25, 0.3) is 10.2 Å². The Hall–Kier alpha value is -3.13. The van der Waals surface area contributed by atoms with Crippen molar-refractivity contribution in [3.8, 4) is 0 Å². The summed E-state index contributed by atoms with van der Waals surface area (Å²) >= 11 is 1.43. The Bertz CT molecular complexity index is 1440. The summed E-state index contributed by atoms with van der Waals surface area (Å²) in [6.45, 7) is 3.86. The summed E-state index contributed by atoms with van der Waals surface area (Å²) in [5, 5.41) is 15.4. The summed E-state index contributed by atoms with van der Waals surface area (Å²) in [5.41, 5.74) is 2.02. The largest absolute Gasteiger partial charge is 0.379 e. The van der Waals surface area contributed by atoms with Gasteiger partial charge in [-0.15, -0.1) is 0 Å². The molecule has 0 saturated carbocycles. The van der Waals surface area contributed by atoms with Crippen LogP contribution in [0.1, 0.15) is 18.4 Å². The van der Waals surface area contributed by atoms with Crippen molar-refractivity contribution in [3.63, 3.8) is 0 Å². The molecule has 1 aromatic heterocycles. The molecule has 2 saturated heterocycles. The molecule has 0 aliphatic carbocycles.